The van der Waals surface area contributed by atoms with Crippen molar-refractivity contribution >= 4 is 23.5 Å². The van der Waals surface area contributed by atoms with E-state index in [1.807, 2.05) is 6.20 Å². The Hall–Kier alpha value is -1.33. The van der Waals surface area contributed by atoms with Crippen LogP contribution in [0.4, 0.5) is 0 Å². The zero-order chi connectivity index (χ0) is 15.5. The van der Waals surface area contributed by atoms with Gasteiger partial charge in [-0.15, -0.1) is 0 Å². The fourth-order valence-electron chi connectivity index (χ4n) is 2.90. The maximum Gasteiger partial charge on any atom is 0.494 e. The first kappa shape index (κ1) is 14.3. The SMILES string of the molecule is CC1(C)OB(c2ccc3cnn(CC4CC4)c3c2)OC1(C)C. The van der Waals surface area contributed by atoms with Crippen molar-refractivity contribution in [3.8, 4) is 0 Å². The van der Waals surface area contributed by atoms with Crippen LogP contribution in [-0.4, -0.2) is 28.1 Å². The summed E-state index contributed by atoms with van der Waals surface area (Å²) >= 11 is 0. The third-order valence-corrected chi connectivity index (χ3v) is 5.32. The van der Waals surface area contributed by atoms with Crippen molar-refractivity contribution in [2.24, 2.45) is 5.92 Å². The Balaban J connectivity index is 1.67. The molecule has 4 rings (SSSR count). The minimum Gasteiger partial charge on any atom is -0.399 e. The molecule has 2 aliphatic rings. The molecule has 1 aromatic heterocycles. The van der Waals surface area contributed by atoms with Crippen LogP contribution in [0.25, 0.3) is 10.9 Å². The molecule has 0 spiro atoms. The number of rotatable bonds is 3. The second kappa shape index (κ2) is 4.59. The lowest BCUT2D eigenvalue weighted by molar-refractivity contribution is 0.00578. The summed E-state index contributed by atoms with van der Waals surface area (Å²) in [7, 11) is -0.307. The molecule has 5 heteroatoms. The lowest BCUT2D eigenvalue weighted by atomic mass is 9.79. The summed E-state index contributed by atoms with van der Waals surface area (Å²) in [5, 5.41) is 5.72. The van der Waals surface area contributed by atoms with Gasteiger partial charge in [0.15, 0.2) is 0 Å². The number of benzene rings is 1. The Morgan fingerprint density at radius 2 is 1.86 bits per heavy atom. The van der Waals surface area contributed by atoms with Gasteiger partial charge in [0.1, 0.15) is 0 Å². The molecule has 2 aromatic rings. The standard InChI is InChI=1S/C17H23BN2O2/c1-16(2)17(3,4)22-18(21-16)14-8-7-13-10-19-20(15(13)9-14)11-12-5-6-12/h7-10,12H,5-6,11H2,1-4H3. The Morgan fingerprint density at radius 1 is 1.18 bits per heavy atom. The quantitative estimate of drug-likeness (QED) is 0.818. The number of fused-ring (bicyclic) bond motifs is 1. The second-order valence-electron chi connectivity index (χ2n) is 7.68. The van der Waals surface area contributed by atoms with E-state index < -0.39 is 0 Å². The molecule has 0 unspecified atom stereocenters. The highest BCUT2D eigenvalue weighted by Crippen LogP contribution is 2.36. The third-order valence-electron chi connectivity index (χ3n) is 5.32. The van der Waals surface area contributed by atoms with E-state index in [0.717, 1.165) is 17.9 Å². The first-order valence-electron chi connectivity index (χ1n) is 8.17. The van der Waals surface area contributed by atoms with Gasteiger partial charge in [0.2, 0.25) is 0 Å². The highest BCUT2D eigenvalue weighted by atomic mass is 16.7. The lowest BCUT2D eigenvalue weighted by Gasteiger charge is -2.32. The van der Waals surface area contributed by atoms with E-state index in [4.69, 9.17) is 9.31 Å². The van der Waals surface area contributed by atoms with Crippen molar-refractivity contribution in [3.63, 3.8) is 0 Å². The summed E-state index contributed by atoms with van der Waals surface area (Å²) in [5.74, 6) is 0.809. The molecule has 1 saturated carbocycles. The van der Waals surface area contributed by atoms with Gasteiger partial charge in [0.25, 0.3) is 0 Å². The van der Waals surface area contributed by atoms with Gasteiger partial charge >= 0.3 is 7.12 Å². The highest BCUT2D eigenvalue weighted by molar-refractivity contribution is 6.62. The van der Waals surface area contributed by atoms with E-state index in [-0.39, 0.29) is 18.3 Å². The van der Waals surface area contributed by atoms with E-state index in [2.05, 4.69) is 55.7 Å². The fraction of sp³-hybridized carbons (Fsp3) is 0.588. The van der Waals surface area contributed by atoms with Crippen molar-refractivity contribution in [3.05, 3.63) is 24.4 Å². The molecule has 2 fully saturated rings. The molecule has 22 heavy (non-hydrogen) atoms. The second-order valence-corrected chi connectivity index (χ2v) is 7.68. The smallest absolute Gasteiger partial charge is 0.399 e. The Labute approximate surface area is 131 Å². The molecule has 1 aliphatic carbocycles. The van der Waals surface area contributed by atoms with Gasteiger partial charge in [0, 0.05) is 11.9 Å². The third kappa shape index (κ3) is 2.27. The number of hydrogen-bond donors (Lipinski definition) is 0. The molecule has 2 heterocycles. The fourth-order valence-corrected chi connectivity index (χ4v) is 2.90. The van der Waals surface area contributed by atoms with E-state index in [1.165, 1.54) is 23.7 Å². The number of nitrogens with zero attached hydrogens (tertiary/aromatic N) is 2. The number of hydrogen-bond acceptors (Lipinski definition) is 3. The molecule has 116 valence electrons. The highest BCUT2D eigenvalue weighted by Gasteiger charge is 2.51. The molecule has 1 saturated heterocycles. The van der Waals surface area contributed by atoms with Crippen molar-refractivity contribution in [1.82, 2.24) is 9.78 Å². The largest absolute Gasteiger partial charge is 0.494 e. The summed E-state index contributed by atoms with van der Waals surface area (Å²) in [4.78, 5) is 0. The first-order chi connectivity index (χ1) is 10.4. The molecule has 0 amide bonds. The molecular formula is C17H23BN2O2. The van der Waals surface area contributed by atoms with E-state index >= 15 is 0 Å². The van der Waals surface area contributed by atoms with Crippen molar-refractivity contribution < 1.29 is 9.31 Å². The number of aromatic nitrogens is 2. The molecule has 0 N–H and O–H groups in total. The average molecular weight is 298 g/mol. The van der Waals surface area contributed by atoms with E-state index in [1.54, 1.807) is 0 Å². The monoisotopic (exact) mass is 298 g/mol. The summed E-state index contributed by atoms with van der Waals surface area (Å²) < 4.78 is 14.4. The Bertz CT molecular complexity index is 703. The Kier molecular flexibility index (Phi) is 2.98. The van der Waals surface area contributed by atoms with Crippen LogP contribution in [0.3, 0.4) is 0 Å². The molecule has 0 radical (unpaired) electrons. The van der Waals surface area contributed by atoms with Crippen LogP contribution in [0.15, 0.2) is 24.4 Å². The van der Waals surface area contributed by atoms with Crippen LogP contribution in [0.5, 0.6) is 0 Å². The molecule has 0 bridgehead atoms. The molecule has 0 atom stereocenters. The summed E-state index contributed by atoms with van der Waals surface area (Å²) in [6.07, 6.45) is 4.61. The Morgan fingerprint density at radius 3 is 2.50 bits per heavy atom. The van der Waals surface area contributed by atoms with E-state index in [9.17, 15) is 0 Å². The molecule has 1 aromatic carbocycles. The zero-order valence-electron chi connectivity index (χ0n) is 13.8. The molecule has 4 nitrogen and oxygen atoms in total. The summed E-state index contributed by atoms with van der Waals surface area (Å²) in [6.45, 7) is 9.37. The normalized spacial score (nSPS) is 23.4. The van der Waals surface area contributed by atoms with E-state index in [0.29, 0.717) is 0 Å². The average Bonchev–Trinajstić information content (AvgIpc) is 3.12. The van der Waals surface area contributed by atoms with Crippen LogP contribution in [0.2, 0.25) is 0 Å². The lowest BCUT2D eigenvalue weighted by Crippen LogP contribution is -2.41. The molecular weight excluding hydrogens is 275 g/mol. The van der Waals surface area contributed by atoms with Gasteiger partial charge < -0.3 is 9.31 Å². The van der Waals surface area contributed by atoms with Crippen LogP contribution < -0.4 is 5.46 Å². The van der Waals surface area contributed by atoms with Crippen molar-refractivity contribution in [1.29, 1.82) is 0 Å². The van der Waals surface area contributed by atoms with Crippen LogP contribution >= 0.6 is 0 Å². The molecule has 1 aliphatic heterocycles. The summed E-state index contributed by atoms with van der Waals surface area (Å²) in [5.41, 5.74) is 1.64. The van der Waals surface area contributed by atoms with Crippen LogP contribution in [-0.2, 0) is 15.9 Å². The minimum absolute atomic E-state index is 0.305. The summed E-state index contributed by atoms with van der Waals surface area (Å²) in [6, 6.07) is 6.38. The predicted octanol–water partition coefficient (Wildman–Crippen LogP) is 2.75. The predicted molar refractivity (Wildman–Crippen MR) is 88.2 cm³/mol. The minimum atomic E-state index is -0.307. The van der Waals surface area contributed by atoms with Crippen molar-refractivity contribution in [2.45, 2.75) is 58.3 Å². The van der Waals surface area contributed by atoms with Crippen LogP contribution in [0, 0.1) is 5.92 Å². The van der Waals surface area contributed by atoms with Gasteiger partial charge in [0.05, 0.1) is 22.9 Å². The maximum absolute atomic E-state index is 6.16. The van der Waals surface area contributed by atoms with Gasteiger partial charge in [-0.25, -0.2) is 0 Å². The van der Waals surface area contributed by atoms with Gasteiger partial charge in [-0.3, -0.25) is 4.68 Å². The zero-order valence-corrected chi connectivity index (χ0v) is 13.8. The first-order valence-corrected chi connectivity index (χ1v) is 8.17. The van der Waals surface area contributed by atoms with Gasteiger partial charge in [-0.1, -0.05) is 12.1 Å². The van der Waals surface area contributed by atoms with Gasteiger partial charge in [-0.05, 0) is 58.0 Å². The van der Waals surface area contributed by atoms with Crippen molar-refractivity contribution in [2.75, 3.05) is 0 Å². The van der Waals surface area contributed by atoms with Gasteiger partial charge in [-0.2, -0.15) is 5.10 Å². The maximum atomic E-state index is 6.16. The topological polar surface area (TPSA) is 36.3 Å². The van der Waals surface area contributed by atoms with Crippen LogP contribution in [0.1, 0.15) is 40.5 Å².